The van der Waals surface area contributed by atoms with Gasteiger partial charge in [-0.2, -0.15) is 0 Å². The molecule has 2 aliphatic carbocycles. The highest BCUT2D eigenvalue weighted by molar-refractivity contribution is 4.92. The van der Waals surface area contributed by atoms with Gasteiger partial charge in [0, 0.05) is 0 Å². The van der Waals surface area contributed by atoms with Gasteiger partial charge in [0.05, 0.1) is 6.10 Å². The lowest BCUT2D eigenvalue weighted by Gasteiger charge is -2.26. The summed E-state index contributed by atoms with van der Waals surface area (Å²) in [5.41, 5.74) is 0. The molecule has 0 saturated heterocycles. The second kappa shape index (κ2) is 6.05. The Morgan fingerprint density at radius 2 is 1.88 bits per heavy atom. The summed E-state index contributed by atoms with van der Waals surface area (Å²) >= 11 is 0. The van der Waals surface area contributed by atoms with E-state index in [0.717, 1.165) is 18.3 Å². The summed E-state index contributed by atoms with van der Waals surface area (Å²) in [6.07, 6.45) is 13.3. The molecule has 1 N–H and O–H groups in total. The van der Waals surface area contributed by atoms with Gasteiger partial charge in [-0.3, -0.25) is 0 Å². The lowest BCUT2D eigenvalue weighted by atomic mass is 9.83. The molecule has 4 unspecified atom stereocenters. The van der Waals surface area contributed by atoms with Crippen molar-refractivity contribution in [3.63, 3.8) is 0 Å². The molecule has 2 aliphatic rings. The van der Waals surface area contributed by atoms with Crippen molar-refractivity contribution >= 4 is 0 Å². The largest absolute Gasteiger partial charge is 0.393 e. The van der Waals surface area contributed by atoms with Gasteiger partial charge in [0.25, 0.3) is 0 Å². The molecule has 2 fully saturated rings. The van der Waals surface area contributed by atoms with E-state index in [-0.39, 0.29) is 6.10 Å². The van der Waals surface area contributed by atoms with Crippen molar-refractivity contribution in [1.82, 2.24) is 0 Å². The molecule has 0 aromatic carbocycles. The standard InChI is InChI=1S/C15H28O/c1-2-3-4-5-6-7-15(16)14-11-12-8-9-13(14)10-12/h12-16H,2-11H2,1H3. The molecule has 2 saturated carbocycles. The van der Waals surface area contributed by atoms with Crippen LogP contribution < -0.4 is 0 Å². The maximum absolute atomic E-state index is 10.2. The molecule has 1 nitrogen and oxygen atoms in total. The minimum absolute atomic E-state index is 0.0249. The Kier molecular flexibility index (Phi) is 4.69. The van der Waals surface area contributed by atoms with Crippen LogP contribution in [0.1, 0.15) is 71.1 Å². The Hall–Kier alpha value is -0.0400. The normalized spacial score (nSPS) is 34.5. The molecular formula is C15H28O. The number of rotatable bonds is 7. The number of fused-ring (bicyclic) bond motifs is 2. The molecule has 1 heteroatoms. The van der Waals surface area contributed by atoms with Crippen molar-refractivity contribution in [2.24, 2.45) is 17.8 Å². The van der Waals surface area contributed by atoms with E-state index < -0.39 is 0 Å². The number of aliphatic hydroxyl groups excluding tert-OH is 1. The van der Waals surface area contributed by atoms with E-state index in [1.165, 1.54) is 57.8 Å². The summed E-state index contributed by atoms with van der Waals surface area (Å²) < 4.78 is 0. The van der Waals surface area contributed by atoms with Crippen LogP contribution in [0.25, 0.3) is 0 Å². The molecule has 0 heterocycles. The predicted octanol–water partition coefficient (Wildman–Crippen LogP) is 4.14. The van der Waals surface area contributed by atoms with Crippen LogP contribution in [0, 0.1) is 17.8 Å². The summed E-state index contributed by atoms with van der Waals surface area (Å²) in [4.78, 5) is 0. The lowest BCUT2D eigenvalue weighted by Crippen LogP contribution is -2.25. The molecule has 2 bridgehead atoms. The third-order valence-electron chi connectivity index (χ3n) is 4.89. The Morgan fingerprint density at radius 3 is 2.50 bits per heavy atom. The third-order valence-corrected chi connectivity index (χ3v) is 4.89. The van der Waals surface area contributed by atoms with Gasteiger partial charge in [0.2, 0.25) is 0 Å². The maximum Gasteiger partial charge on any atom is 0.0571 e. The first-order chi connectivity index (χ1) is 7.81. The van der Waals surface area contributed by atoms with Crippen LogP contribution >= 0.6 is 0 Å². The summed E-state index contributed by atoms with van der Waals surface area (Å²) in [6.45, 7) is 2.25. The van der Waals surface area contributed by atoms with Crippen molar-refractivity contribution in [2.45, 2.75) is 77.2 Å². The second-order valence-electron chi connectivity index (χ2n) is 6.11. The zero-order valence-electron chi connectivity index (χ0n) is 10.8. The fourth-order valence-corrected chi connectivity index (χ4v) is 3.94. The number of aliphatic hydroxyl groups is 1. The van der Waals surface area contributed by atoms with Crippen molar-refractivity contribution in [3.8, 4) is 0 Å². The predicted molar refractivity (Wildman–Crippen MR) is 68.3 cm³/mol. The molecule has 0 radical (unpaired) electrons. The highest BCUT2D eigenvalue weighted by atomic mass is 16.3. The van der Waals surface area contributed by atoms with Crippen LogP contribution in [-0.4, -0.2) is 11.2 Å². The molecule has 0 aromatic rings. The molecular weight excluding hydrogens is 196 g/mol. The van der Waals surface area contributed by atoms with Gasteiger partial charge in [-0.15, -0.1) is 0 Å². The summed E-state index contributed by atoms with van der Waals surface area (Å²) in [7, 11) is 0. The van der Waals surface area contributed by atoms with E-state index >= 15 is 0 Å². The van der Waals surface area contributed by atoms with Gasteiger partial charge in [-0.05, 0) is 43.4 Å². The van der Waals surface area contributed by atoms with Crippen LogP contribution in [0.15, 0.2) is 0 Å². The van der Waals surface area contributed by atoms with E-state index in [0.29, 0.717) is 5.92 Å². The number of hydrogen-bond donors (Lipinski definition) is 1. The quantitative estimate of drug-likeness (QED) is 0.644. The minimum Gasteiger partial charge on any atom is -0.393 e. The van der Waals surface area contributed by atoms with E-state index in [1.54, 1.807) is 0 Å². The van der Waals surface area contributed by atoms with Crippen LogP contribution in [0.3, 0.4) is 0 Å². The van der Waals surface area contributed by atoms with Gasteiger partial charge >= 0.3 is 0 Å². The van der Waals surface area contributed by atoms with E-state index in [1.807, 2.05) is 0 Å². The molecule has 0 amide bonds. The van der Waals surface area contributed by atoms with Crippen molar-refractivity contribution in [3.05, 3.63) is 0 Å². The third kappa shape index (κ3) is 3.00. The zero-order valence-corrected chi connectivity index (χ0v) is 10.8. The topological polar surface area (TPSA) is 20.2 Å². The van der Waals surface area contributed by atoms with Crippen molar-refractivity contribution < 1.29 is 5.11 Å². The average molecular weight is 224 g/mol. The summed E-state index contributed by atoms with van der Waals surface area (Å²) in [6, 6.07) is 0. The monoisotopic (exact) mass is 224 g/mol. The fraction of sp³-hybridized carbons (Fsp3) is 1.00. The first-order valence-electron chi connectivity index (χ1n) is 7.49. The van der Waals surface area contributed by atoms with Crippen molar-refractivity contribution in [1.29, 1.82) is 0 Å². The van der Waals surface area contributed by atoms with Crippen molar-refractivity contribution in [2.75, 3.05) is 0 Å². The fourth-order valence-electron chi connectivity index (χ4n) is 3.94. The minimum atomic E-state index is 0.0249. The SMILES string of the molecule is CCCCCCCC(O)C1CC2CCC1C2. The Labute approximate surface area is 101 Å². The highest BCUT2D eigenvalue weighted by Gasteiger charge is 2.42. The lowest BCUT2D eigenvalue weighted by molar-refractivity contribution is 0.0652. The Bertz CT molecular complexity index is 202. The van der Waals surface area contributed by atoms with E-state index in [4.69, 9.17) is 0 Å². The smallest absolute Gasteiger partial charge is 0.0571 e. The molecule has 0 spiro atoms. The van der Waals surface area contributed by atoms with Gasteiger partial charge in [-0.1, -0.05) is 45.4 Å². The Balaban J connectivity index is 1.59. The van der Waals surface area contributed by atoms with Gasteiger partial charge in [0.1, 0.15) is 0 Å². The van der Waals surface area contributed by atoms with Gasteiger partial charge < -0.3 is 5.11 Å². The Morgan fingerprint density at radius 1 is 1.06 bits per heavy atom. The summed E-state index contributed by atoms with van der Waals surface area (Å²) in [5, 5.41) is 10.2. The van der Waals surface area contributed by atoms with Gasteiger partial charge in [-0.25, -0.2) is 0 Å². The van der Waals surface area contributed by atoms with Gasteiger partial charge in [0.15, 0.2) is 0 Å². The molecule has 16 heavy (non-hydrogen) atoms. The van der Waals surface area contributed by atoms with Crippen LogP contribution in [-0.2, 0) is 0 Å². The average Bonchev–Trinajstić information content (AvgIpc) is 2.90. The molecule has 94 valence electrons. The van der Waals surface area contributed by atoms with Crippen LogP contribution in [0.4, 0.5) is 0 Å². The van der Waals surface area contributed by atoms with E-state index in [9.17, 15) is 5.11 Å². The number of unbranched alkanes of at least 4 members (excludes halogenated alkanes) is 4. The zero-order chi connectivity index (χ0) is 11.4. The summed E-state index contributed by atoms with van der Waals surface area (Å²) in [5.74, 6) is 2.53. The molecule has 2 rings (SSSR count). The van der Waals surface area contributed by atoms with Crippen LogP contribution in [0.2, 0.25) is 0 Å². The molecule has 4 atom stereocenters. The van der Waals surface area contributed by atoms with Crippen LogP contribution in [0.5, 0.6) is 0 Å². The molecule has 0 aromatic heterocycles. The number of hydrogen-bond acceptors (Lipinski definition) is 1. The first-order valence-corrected chi connectivity index (χ1v) is 7.49. The highest BCUT2D eigenvalue weighted by Crippen LogP contribution is 2.50. The second-order valence-corrected chi connectivity index (χ2v) is 6.11. The first kappa shape index (κ1) is 12.4. The molecule has 0 aliphatic heterocycles. The maximum atomic E-state index is 10.2. The van der Waals surface area contributed by atoms with E-state index in [2.05, 4.69) is 6.92 Å².